The minimum atomic E-state index is -0.0597. The molecule has 1 aromatic rings. The predicted octanol–water partition coefficient (Wildman–Crippen LogP) is 3.43. The number of anilines is 1. The molecule has 0 aliphatic carbocycles. The Morgan fingerprint density at radius 1 is 1.56 bits per heavy atom. The number of hydrogen-bond donors (Lipinski definition) is 1. The van der Waals surface area contributed by atoms with Crippen molar-refractivity contribution in [2.45, 2.75) is 25.8 Å². The molecular formula is C13H13ClN2. The number of nitrogens with zero attached hydrogens (tertiary/aromatic N) is 1. The van der Waals surface area contributed by atoms with Crippen LogP contribution in [0.2, 0.25) is 5.02 Å². The van der Waals surface area contributed by atoms with Crippen LogP contribution < -0.4 is 5.32 Å². The third-order valence-electron chi connectivity index (χ3n) is 2.21. The SMILES string of the molecule is C#CC(CCC)Nc1cc(Cl)ccc1C#N. The van der Waals surface area contributed by atoms with Crippen LogP contribution in [0.1, 0.15) is 25.3 Å². The first kappa shape index (κ1) is 12.4. The Kier molecular flexibility index (Phi) is 4.70. The van der Waals surface area contributed by atoms with Crippen molar-refractivity contribution in [2.24, 2.45) is 0 Å². The molecule has 0 amide bonds. The number of rotatable bonds is 4. The highest BCUT2D eigenvalue weighted by Crippen LogP contribution is 2.21. The van der Waals surface area contributed by atoms with Gasteiger partial charge in [-0.2, -0.15) is 5.26 Å². The average molecular weight is 233 g/mol. The highest BCUT2D eigenvalue weighted by atomic mass is 35.5. The van der Waals surface area contributed by atoms with Gasteiger partial charge >= 0.3 is 0 Å². The minimum absolute atomic E-state index is 0.0597. The summed E-state index contributed by atoms with van der Waals surface area (Å²) < 4.78 is 0. The van der Waals surface area contributed by atoms with Crippen molar-refractivity contribution in [3.8, 4) is 18.4 Å². The largest absolute Gasteiger partial charge is 0.370 e. The van der Waals surface area contributed by atoms with E-state index in [1.807, 2.05) is 0 Å². The van der Waals surface area contributed by atoms with E-state index in [9.17, 15) is 0 Å². The molecule has 0 radical (unpaired) electrons. The molecule has 0 fully saturated rings. The smallest absolute Gasteiger partial charge is 0.101 e. The third kappa shape index (κ3) is 3.19. The highest BCUT2D eigenvalue weighted by molar-refractivity contribution is 6.30. The number of halogens is 1. The second-order valence-electron chi connectivity index (χ2n) is 3.45. The highest BCUT2D eigenvalue weighted by Gasteiger charge is 2.07. The molecule has 1 N–H and O–H groups in total. The van der Waals surface area contributed by atoms with Crippen LogP contribution in [0.5, 0.6) is 0 Å². The van der Waals surface area contributed by atoms with Gasteiger partial charge in [-0.3, -0.25) is 0 Å². The molecule has 0 aromatic heterocycles. The van der Waals surface area contributed by atoms with Crippen LogP contribution in [0.4, 0.5) is 5.69 Å². The summed E-state index contributed by atoms with van der Waals surface area (Å²) in [6, 6.07) is 7.14. The van der Waals surface area contributed by atoms with Crippen molar-refractivity contribution in [3.05, 3.63) is 28.8 Å². The lowest BCUT2D eigenvalue weighted by Crippen LogP contribution is -2.17. The molecule has 82 valence electrons. The molecule has 3 heteroatoms. The molecule has 0 aliphatic heterocycles. The lowest BCUT2D eigenvalue weighted by atomic mass is 10.1. The summed E-state index contributed by atoms with van der Waals surface area (Å²) in [6.07, 6.45) is 7.27. The first-order valence-corrected chi connectivity index (χ1v) is 5.51. The van der Waals surface area contributed by atoms with Crippen LogP contribution >= 0.6 is 11.6 Å². The fraction of sp³-hybridized carbons (Fsp3) is 0.308. The zero-order valence-corrected chi connectivity index (χ0v) is 9.88. The molecule has 0 bridgehead atoms. The molecule has 0 saturated carbocycles. The Morgan fingerprint density at radius 2 is 2.31 bits per heavy atom. The summed E-state index contributed by atoms with van der Waals surface area (Å²) >= 11 is 5.88. The average Bonchev–Trinajstić information content (AvgIpc) is 2.29. The fourth-order valence-corrected chi connectivity index (χ4v) is 1.58. The van der Waals surface area contributed by atoms with Gasteiger partial charge in [-0.05, 0) is 24.6 Å². The van der Waals surface area contributed by atoms with E-state index in [-0.39, 0.29) is 6.04 Å². The molecular weight excluding hydrogens is 220 g/mol. The van der Waals surface area contributed by atoms with E-state index in [1.165, 1.54) is 0 Å². The van der Waals surface area contributed by atoms with E-state index in [4.69, 9.17) is 23.3 Å². The van der Waals surface area contributed by atoms with Gasteiger partial charge in [0.25, 0.3) is 0 Å². The first-order chi connectivity index (χ1) is 7.71. The van der Waals surface area contributed by atoms with Crippen molar-refractivity contribution in [2.75, 3.05) is 5.32 Å². The molecule has 1 atom stereocenters. The topological polar surface area (TPSA) is 35.8 Å². The Bertz CT molecular complexity index is 440. The predicted molar refractivity (Wildman–Crippen MR) is 67.3 cm³/mol. The summed E-state index contributed by atoms with van der Waals surface area (Å²) in [7, 11) is 0. The van der Waals surface area contributed by atoms with Crippen LogP contribution in [-0.4, -0.2) is 6.04 Å². The summed E-state index contributed by atoms with van der Waals surface area (Å²) in [5.41, 5.74) is 1.26. The van der Waals surface area contributed by atoms with Gasteiger partial charge in [-0.15, -0.1) is 6.42 Å². The van der Waals surface area contributed by atoms with E-state index in [1.54, 1.807) is 18.2 Å². The first-order valence-electron chi connectivity index (χ1n) is 5.13. The van der Waals surface area contributed by atoms with Gasteiger partial charge in [0, 0.05) is 5.02 Å². The molecule has 0 heterocycles. The number of benzene rings is 1. The molecule has 16 heavy (non-hydrogen) atoms. The van der Waals surface area contributed by atoms with Gasteiger partial charge in [-0.1, -0.05) is 30.9 Å². The van der Waals surface area contributed by atoms with E-state index in [0.29, 0.717) is 16.3 Å². The third-order valence-corrected chi connectivity index (χ3v) is 2.45. The zero-order chi connectivity index (χ0) is 12.0. The quantitative estimate of drug-likeness (QED) is 0.808. The van der Waals surface area contributed by atoms with Crippen molar-refractivity contribution < 1.29 is 0 Å². The fourth-order valence-electron chi connectivity index (χ4n) is 1.41. The maximum Gasteiger partial charge on any atom is 0.101 e. The molecule has 0 aliphatic rings. The van der Waals surface area contributed by atoms with Crippen LogP contribution in [0.25, 0.3) is 0 Å². The van der Waals surface area contributed by atoms with E-state index in [0.717, 1.165) is 12.8 Å². The van der Waals surface area contributed by atoms with Crippen LogP contribution in [0, 0.1) is 23.7 Å². The minimum Gasteiger partial charge on any atom is -0.370 e. The Hall–Kier alpha value is -1.64. The second-order valence-corrected chi connectivity index (χ2v) is 3.89. The Labute approximate surface area is 101 Å². The van der Waals surface area contributed by atoms with Gasteiger partial charge in [0.2, 0.25) is 0 Å². The Balaban J connectivity index is 2.91. The molecule has 1 unspecified atom stereocenters. The number of terminal acetylenes is 1. The summed E-state index contributed by atoms with van der Waals surface area (Å²) in [5, 5.41) is 12.7. The Morgan fingerprint density at radius 3 is 2.88 bits per heavy atom. The summed E-state index contributed by atoms with van der Waals surface area (Å²) in [4.78, 5) is 0. The van der Waals surface area contributed by atoms with E-state index >= 15 is 0 Å². The van der Waals surface area contributed by atoms with Crippen molar-refractivity contribution in [1.82, 2.24) is 0 Å². The summed E-state index contributed by atoms with van der Waals surface area (Å²) in [6.45, 7) is 2.06. The van der Waals surface area contributed by atoms with E-state index in [2.05, 4.69) is 24.2 Å². The van der Waals surface area contributed by atoms with E-state index < -0.39 is 0 Å². The van der Waals surface area contributed by atoms with Crippen molar-refractivity contribution >= 4 is 17.3 Å². The maximum absolute atomic E-state index is 8.94. The van der Waals surface area contributed by atoms with Gasteiger partial charge in [0.15, 0.2) is 0 Å². The maximum atomic E-state index is 8.94. The normalized spacial score (nSPS) is 11.2. The van der Waals surface area contributed by atoms with Crippen molar-refractivity contribution in [1.29, 1.82) is 5.26 Å². The molecule has 1 aromatic carbocycles. The zero-order valence-electron chi connectivity index (χ0n) is 9.13. The summed E-state index contributed by atoms with van der Waals surface area (Å²) in [5.74, 6) is 2.66. The molecule has 2 nitrogen and oxygen atoms in total. The van der Waals surface area contributed by atoms with Crippen LogP contribution in [0.3, 0.4) is 0 Å². The van der Waals surface area contributed by atoms with Gasteiger partial charge in [0.1, 0.15) is 6.07 Å². The number of nitriles is 1. The lowest BCUT2D eigenvalue weighted by molar-refractivity contribution is 0.755. The van der Waals surface area contributed by atoms with Crippen LogP contribution in [0.15, 0.2) is 18.2 Å². The van der Waals surface area contributed by atoms with Crippen molar-refractivity contribution in [3.63, 3.8) is 0 Å². The van der Waals surface area contributed by atoms with Gasteiger partial charge in [0.05, 0.1) is 17.3 Å². The van der Waals surface area contributed by atoms with Crippen LogP contribution in [-0.2, 0) is 0 Å². The molecule has 0 saturated heterocycles. The monoisotopic (exact) mass is 232 g/mol. The number of nitrogens with one attached hydrogen (secondary N) is 1. The standard InChI is InChI=1S/C13H13ClN2/c1-3-5-12(4-2)16-13-8-11(14)7-6-10(13)9-15/h2,6-8,12,16H,3,5H2,1H3. The number of hydrogen-bond acceptors (Lipinski definition) is 2. The van der Waals surface area contributed by atoms with Gasteiger partial charge < -0.3 is 5.32 Å². The van der Waals surface area contributed by atoms with Gasteiger partial charge in [-0.25, -0.2) is 0 Å². The lowest BCUT2D eigenvalue weighted by Gasteiger charge is -2.14. The molecule has 1 rings (SSSR count). The second kappa shape index (κ2) is 6.05. The molecule has 0 spiro atoms.